The quantitative estimate of drug-likeness (QED) is 0.613. The van der Waals surface area contributed by atoms with Crippen molar-refractivity contribution < 1.29 is 26.9 Å². The molecule has 0 aliphatic heterocycles. The van der Waals surface area contributed by atoms with Crippen molar-refractivity contribution in [1.29, 1.82) is 0 Å². The van der Waals surface area contributed by atoms with Gasteiger partial charge in [0.05, 0.1) is 27.1 Å². The second-order valence-corrected chi connectivity index (χ2v) is 7.91. The standard InChI is InChI=1S/C19H17F3N4O4S/c1-11(12-6-8-13(9-7-12)30-19(20,21)22)23-16(27)10-26-18(28)14-4-3-5-15(31(2)29)17(14)24-25-26/h3-9,11H,10H2,1-2H3,(H,23,27)/t11-,31?/m0/s1. The van der Waals surface area contributed by atoms with Gasteiger partial charge in [-0.15, -0.1) is 18.3 Å². The first-order chi connectivity index (χ1) is 14.5. The van der Waals surface area contributed by atoms with Gasteiger partial charge < -0.3 is 10.1 Å². The summed E-state index contributed by atoms with van der Waals surface area (Å²) in [5.74, 6) is -0.922. The maximum atomic E-state index is 12.6. The summed E-state index contributed by atoms with van der Waals surface area (Å²) in [6.45, 7) is 1.22. The van der Waals surface area contributed by atoms with Gasteiger partial charge in [0.2, 0.25) is 5.91 Å². The van der Waals surface area contributed by atoms with Crippen molar-refractivity contribution in [1.82, 2.24) is 20.3 Å². The predicted octanol–water partition coefficient (Wildman–Crippen LogP) is 2.30. The van der Waals surface area contributed by atoms with Gasteiger partial charge >= 0.3 is 6.36 Å². The first-order valence-corrected chi connectivity index (χ1v) is 10.5. The van der Waals surface area contributed by atoms with Gasteiger partial charge in [0.25, 0.3) is 5.56 Å². The van der Waals surface area contributed by atoms with Crippen molar-refractivity contribution >= 4 is 27.6 Å². The summed E-state index contributed by atoms with van der Waals surface area (Å²) in [5, 5.41) is 10.5. The topological polar surface area (TPSA) is 103 Å². The molecule has 2 aromatic carbocycles. The van der Waals surface area contributed by atoms with E-state index in [2.05, 4.69) is 20.4 Å². The van der Waals surface area contributed by atoms with E-state index >= 15 is 0 Å². The predicted molar refractivity (Wildman–Crippen MR) is 106 cm³/mol. The highest BCUT2D eigenvalue weighted by Gasteiger charge is 2.31. The molecule has 1 N–H and O–H groups in total. The Bertz CT molecular complexity index is 1200. The molecule has 1 aromatic heterocycles. The van der Waals surface area contributed by atoms with Crippen LogP contribution in [0.15, 0.2) is 52.2 Å². The number of nitrogens with one attached hydrogen (secondary N) is 1. The van der Waals surface area contributed by atoms with Gasteiger partial charge in [-0.1, -0.05) is 23.4 Å². The molecule has 0 aliphatic rings. The molecule has 2 atom stereocenters. The summed E-state index contributed by atoms with van der Waals surface area (Å²) in [6, 6.07) is 9.16. The van der Waals surface area contributed by atoms with Crippen molar-refractivity contribution in [3.05, 3.63) is 58.4 Å². The molecule has 1 unspecified atom stereocenters. The molecule has 8 nitrogen and oxygen atoms in total. The zero-order valence-corrected chi connectivity index (χ0v) is 17.2. The lowest BCUT2D eigenvalue weighted by Gasteiger charge is -2.15. The monoisotopic (exact) mass is 454 g/mol. The van der Waals surface area contributed by atoms with Crippen LogP contribution in [0.5, 0.6) is 5.75 Å². The number of halogens is 3. The van der Waals surface area contributed by atoms with Gasteiger partial charge in [-0.3, -0.25) is 13.8 Å². The van der Waals surface area contributed by atoms with E-state index in [0.29, 0.717) is 10.5 Å². The third kappa shape index (κ3) is 5.45. The Morgan fingerprint density at radius 1 is 1.23 bits per heavy atom. The number of nitrogens with zero attached hydrogens (tertiary/aromatic N) is 3. The molecule has 0 fully saturated rings. The van der Waals surface area contributed by atoms with Gasteiger partial charge in [-0.05, 0) is 36.8 Å². The van der Waals surface area contributed by atoms with Gasteiger partial charge in [0, 0.05) is 6.26 Å². The molecule has 3 rings (SSSR count). The van der Waals surface area contributed by atoms with Crippen molar-refractivity contribution in [3.63, 3.8) is 0 Å². The highest BCUT2D eigenvalue weighted by molar-refractivity contribution is 7.84. The van der Waals surface area contributed by atoms with Crippen molar-refractivity contribution in [3.8, 4) is 5.75 Å². The van der Waals surface area contributed by atoms with Crippen LogP contribution in [0.25, 0.3) is 10.9 Å². The fraction of sp³-hybridized carbons (Fsp3) is 0.263. The van der Waals surface area contributed by atoms with Crippen LogP contribution in [-0.4, -0.2) is 37.7 Å². The number of ether oxygens (including phenoxy) is 1. The normalized spacial score (nSPS) is 13.6. The lowest BCUT2D eigenvalue weighted by atomic mass is 10.1. The van der Waals surface area contributed by atoms with Crippen LogP contribution in [-0.2, 0) is 22.1 Å². The summed E-state index contributed by atoms with van der Waals surface area (Å²) in [5.41, 5.74) is 0.183. The summed E-state index contributed by atoms with van der Waals surface area (Å²) in [4.78, 5) is 25.3. The van der Waals surface area contributed by atoms with Gasteiger partial charge in [0.1, 0.15) is 17.8 Å². The van der Waals surface area contributed by atoms with E-state index in [1.807, 2.05) is 0 Å². The molecular weight excluding hydrogens is 437 g/mol. The Kier molecular flexibility index (Phi) is 6.39. The number of alkyl halides is 3. The number of carbonyl (C=O) groups excluding carboxylic acids is 1. The summed E-state index contributed by atoms with van der Waals surface area (Å²) < 4.78 is 53.2. The second-order valence-electron chi connectivity index (χ2n) is 6.56. The minimum Gasteiger partial charge on any atom is -0.406 e. The summed E-state index contributed by atoms with van der Waals surface area (Å²) >= 11 is 0. The Morgan fingerprint density at radius 2 is 1.90 bits per heavy atom. The number of amides is 1. The molecule has 3 aromatic rings. The summed E-state index contributed by atoms with van der Waals surface area (Å²) in [7, 11) is -1.37. The molecule has 0 bridgehead atoms. The smallest absolute Gasteiger partial charge is 0.406 e. The van der Waals surface area contributed by atoms with E-state index in [1.54, 1.807) is 19.1 Å². The van der Waals surface area contributed by atoms with E-state index in [4.69, 9.17) is 0 Å². The first-order valence-electron chi connectivity index (χ1n) is 8.90. The average Bonchev–Trinajstić information content (AvgIpc) is 2.69. The Hall–Kier alpha value is -3.28. The number of aromatic nitrogens is 3. The van der Waals surface area contributed by atoms with Gasteiger partial charge in [-0.2, -0.15) is 0 Å². The molecular formula is C19H17F3N4O4S. The van der Waals surface area contributed by atoms with E-state index in [9.17, 15) is 27.0 Å². The fourth-order valence-corrected chi connectivity index (χ4v) is 3.57. The zero-order valence-electron chi connectivity index (χ0n) is 16.3. The average molecular weight is 454 g/mol. The number of fused-ring (bicyclic) bond motifs is 1. The minimum absolute atomic E-state index is 0.184. The SMILES string of the molecule is C[C@H](NC(=O)Cn1nnc2c(S(C)=O)cccc2c1=O)c1ccc(OC(F)(F)F)cc1. The minimum atomic E-state index is -4.79. The maximum Gasteiger partial charge on any atom is 0.573 e. The van der Waals surface area contributed by atoms with Crippen molar-refractivity contribution in [2.24, 2.45) is 0 Å². The number of hydrogen-bond donors (Lipinski definition) is 1. The fourth-order valence-electron chi connectivity index (χ4n) is 2.88. The van der Waals surface area contributed by atoms with Crippen LogP contribution in [0.1, 0.15) is 18.5 Å². The number of carbonyl (C=O) groups is 1. The maximum absolute atomic E-state index is 12.6. The molecule has 31 heavy (non-hydrogen) atoms. The van der Waals surface area contributed by atoms with Crippen LogP contribution in [0.2, 0.25) is 0 Å². The second kappa shape index (κ2) is 8.84. The van der Waals surface area contributed by atoms with Gasteiger partial charge in [0.15, 0.2) is 0 Å². The van der Waals surface area contributed by atoms with E-state index in [-0.39, 0.29) is 16.7 Å². The Balaban J connectivity index is 1.72. The zero-order chi connectivity index (χ0) is 22.8. The lowest BCUT2D eigenvalue weighted by Crippen LogP contribution is -2.35. The lowest BCUT2D eigenvalue weighted by molar-refractivity contribution is -0.274. The highest BCUT2D eigenvalue weighted by atomic mass is 32.2. The molecule has 1 amide bonds. The third-order valence-electron chi connectivity index (χ3n) is 4.31. The van der Waals surface area contributed by atoms with Crippen LogP contribution in [0, 0.1) is 0 Å². The van der Waals surface area contributed by atoms with Crippen LogP contribution < -0.4 is 15.6 Å². The number of benzene rings is 2. The third-order valence-corrected chi connectivity index (χ3v) is 5.26. The summed E-state index contributed by atoms with van der Waals surface area (Å²) in [6.07, 6.45) is -3.33. The van der Waals surface area contributed by atoms with E-state index in [1.165, 1.54) is 24.5 Å². The van der Waals surface area contributed by atoms with Crippen molar-refractivity contribution in [2.45, 2.75) is 30.8 Å². The molecule has 164 valence electrons. The Morgan fingerprint density at radius 3 is 2.52 bits per heavy atom. The number of rotatable bonds is 6. The first kappa shape index (κ1) is 22.4. The molecule has 0 radical (unpaired) electrons. The van der Waals surface area contributed by atoms with Crippen LogP contribution >= 0.6 is 0 Å². The molecule has 1 heterocycles. The van der Waals surface area contributed by atoms with E-state index in [0.717, 1.165) is 16.8 Å². The largest absolute Gasteiger partial charge is 0.573 e. The molecule has 0 aliphatic carbocycles. The molecule has 0 saturated carbocycles. The van der Waals surface area contributed by atoms with Crippen LogP contribution in [0.4, 0.5) is 13.2 Å². The molecule has 0 saturated heterocycles. The Labute approximate surface area is 176 Å². The van der Waals surface area contributed by atoms with E-state index < -0.39 is 41.2 Å². The van der Waals surface area contributed by atoms with Crippen molar-refractivity contribution in [2.75, 3.05) is 6.26 Å². The molecule has 12 heteroatoms. The molecule has 0 spiro atoms. The van der Waals surface area contributed by atoms with Crippen LogP contribution in [0.3, 0.4) is 0 Å². The number of hydrogen-bond acceptors (Lipinski definition) is 6. The highest BCUT2D eigenvalue weighted by Crippen LogP contribution is 2.24. The van der Waals surface area contributed by atoms with Gasteiger partial charge in [-0.25, -0.2) is 4.68 Å².